The summed E-state index contributed by atoms with van der Waals surface area (Å²) in [4.78, 5) is 84.0. The molecule has 7 rings (SSSR count). The van der Waals surface area contributed by atoms with Crippen molar-refractivity contribution in [2.45, 2.75) is 104 Å². The van der Waals surface area contributed by atoms with Crippen molar-refractivity contribution in [1.29, 1.82) is 0 Å². The summed E-state index contributed by atoms with van der Waals surface area (Å²) in [7, 11) is 6.62. The lowest BCUT2D eigenvalue weighted by molar-refractivity contribution is -0.155. The third kappa shape index (κ3) is 10.9. The number of hydrogen-bond donors (Lipinski definition) is 2. The van der Waals surface area contributed by atoms with E-state index in [-0.39, 0.29) is 42.8 Å². The number of hydrazine groups is 1. The zero-order valence-electron chi connectivity index (χ0n) is 41.2. The quantitative estimate of drug-likeness (QED) is 0.160. The number of rotatable bonds is 10. The lowest BCUT2D eigenvalue weighted by atomic mass is 9.84. The van der Waals surface area contributed by atoms with Gasteiger partial charge in [0.25, 0.3) is 11.8 Å². The largest absolute Gasteiger partial charge is 0.464 e. The van der Waals surface area contributed by atoms with E-state index in [0.29, 0.717) is 63.4 Å². The Balaban J connectivity index is 1.22. The maximum absolute atomic E-state index is 14.7. The van der Waals surface area contributed by atoms with Crippen LogP contribution >= 0.6 is 11.3 Å². The smallest absolute Gasteiger partial charge is 0.324 e. The third-order valence-corrected chi connectivity index (χ3v) is 14.2. The van der Waals surface area contributed by atoms with E-state index in [0.717, 1.165) is 44.7 Å². The maximum Gasteiger partial charge on any atom is 0.324 e. The van der Waals surface area contributed by atoms with Gasteiger partial charge in [0.1, 0.15) is 18.1 Å². The molecule has 6 bridgehead atoms. The molecule has 5 atom stereocenters. The molecule has 0 radical (unpaired) electrons. The summed E-state index contributed by atoms with van der Waals surface area (Å²) in [5, 5.41) is 8.15. The molecule has 6 heterocycles. The number of nitrogens with one attached hydrogen (secondary N) is 2. The molecule has 2 saturated heterocycles. The lowest BCUT2D eigenvalue weighted by Crippen LogP contribution is -2.62. The number of likely N-dealkylation sites (tertiary alicyclic amines) is 1. The molecule has 0 unspecified atom stereocenters. The second kappa shape index (κ2) is 21.3. The van der Waals surface area contributed by atoms with Crippen molar-refractivity contribution in [3.05, 3.63) is 58.2 Å². The van der Waals surface area contributed by atoms with Gasteiger partial charge in [-0.3, -0.25) is 38.9 Å². The number of benzene rings is 1. The molecule has 2 fully saturated rings. The third-order valence-electron chi connectivity index (χ3n) is 13.3. The summed E-state index contributed by atoms with van der Waals surface area (Å²) < 4.78 is 14.2. The molecule has 3 aromatic heterocycles. The number of fused-ring (bicyclic) bond motifs is 6. The monoisotopic (exact) mass is 949 g/mol. The Morgan fingerprint density at radius 3 is 2.60 bits per heavy atom. The van der Waals surface area contributed by atoms with Crippen LogP contribution < -0.4 is 10.7 Å². The van der Waals surface area contributed by atoms with Crippen LogP contribution in [0, 0.1) is 29.1 Å². The Kier molecular flexibility index (Phi) is 15.7. The average Bonchev–Trinajstić information content (AvgIpc) is 4.07. The van der Waals surface area contributed by atoms with Gasteiger partial charge in [0, 0.05) is 93.3 Å². The Labute approximate surface area is 404 Å². The molecule has 1 aromatic carbocycles. The van der Waals surface area contributed by atoms with Gasteiger partial charge in [0.2, 0.25) is 11.8 Å². The fraction of sp³-hybridized carbons (Fsp3) is 0.549. The summed E-state index contributed by atoms with van der Waals surface area (Å²) in [6.45, 7) is 14.7. The topological polar surface area (TPSA) is 172 Å². The Morgan fingerprint density at radius 2 is 1.88 bits per heavy atom. The molecule has 364 valence electrons. The van der Waals surface area contributed by atoms with Crippen LogP contribution in [0.15, 0.2) is 41.9 Å². The molecule has 68 heavy (non-hydrogen) atoms. The number of methoxy groups -OCH3 is 1. The summed E-state index contributed by atoms with van der Waals surface area (Å²) in [6.07, 6.45) is 3.79. The highest BCUT2D eigenvalue weighted by Crippen LogP contribution is 2.42. The van der Waals surface area contributed by atoms with Gasteiger partial charge in [-0.2, -0.15) is 0 Å². The first-order valence-corrected chi connectivity index (χ1v) is 24.6. The van der Waals surface area contributed by atoms with Crippen LogP contribution in [0.4, 0.5) is 0 Å². The van der Waals surface area contributed by atoms with Crippen molar-refractivity contribution < 1.29 is 33.4 Å². The predicted molar refractivity (Wildman–Crippen MR) is 262 cm³/mol. The van der Waals surface area contributed by atoms with Gasteiger partial charge in [0.05, 0.1) is 47.3 Å². The maximum atomic E-state index is 14.7. The van der Waals surface area contributed by atoms with Crippen molar-refractivity contribution in [1.82, 2.24) is 45.0 Å². The fourth-order valence-electron chi connectivity index (χ4n) is 9.69. The minimum Gasteiger partial charge on any atom is -0.464 e. The number of aryl methyl sites for hydroxylation is 1. The van der Waals surface area contributed by atoms with Crippen molar-refractivity contribution >= 4 is 51.8 Å². The number of thiazole rings is 1. The van der Waals surface area contributed by atoms with E-state index in [1.165, 1.54) is 26.1 Å². The summed E-state index contributed by atoms with van der Waals surface area (Å²) in [5.41, 5.74) is 9.28. The van der Waals surface area contributed by atoms with Crippen LogP contribution in [0.5, 0.6) is 0 Å². The fourth-order valence-corrected chi connectivity index (χ4v) is 10.5. The second-order valence-electron chi connectivity index (χ2n) is 19.6. The highest BCUT2D eigenvalue weighted by atomic mass is 32.1. The molecule has 4 aromatic rings. The van der Waals surface area contributed by atoms with Crippen LogP contribution in [-0.4, -0.2) is 143 Å². The highest BCUT2D eigenvalue weighted by Gasteiger charge is 2.40. The van der Waals surface area contributed by atoms with Crippen LogP contribution in [0.2, 0.25) is 0 Å². The number of pyridine rings is 1. The molecular weight excluding hydrogens is 883 g/mol. The Bertz CT molecular complexity index is 2590. The van der Waals surface area contributed by atoms with Gasteiger partial charge in [-0.1, -0.05) is 39.7 Å². The molecule has 2 N–H and O–H groups in total. The van der Waals surface area contributed by atoms with Gasteiger partial charge in [0.15, 0.2) is 0 Å². The molecule has 0 aliphatic carbocycles. The minimum atomic E-state index is -1.07. The van der Waals surface area contributed by atoms with Gasteiger partial charge in [-0.25, -0.2) is 10.4 Å². The normalized spacial score (nSPS) is 20.8. The second-order valence-corrected chi connectivity index (χ2v) is 20.6. The van der Waals surface area contributed by atoms with Gasteiger partial charge < -0.3 is 29.2 Å². The number of carbonyl (C=O) groups excluding carboxylic acids is 5. The lowest BCUT2D eigenvalue weighted by Gasteiger charge is -2.37. The van der Waals surface area contributed by atoms with Crippen molar-refractivity contribution in [3.63, 3.8) is 0 Å². The number of carbonyl (C=O) groups is 5. The SMILES string of the molecule is CCn1c(-c2cccnc2[C@H](C)OC)c2c3cc(ccc31)-c1csc(n1)C[C@H](NC(=O)[C@H](C(C)C)N(C)C(=O)[C@H]1CCN(CC#CC(=O)N(C)C)C1)C(=O)N1CCC[C@H](N1)C(=O)OCC(C)(C)C2. The molecular formula is C51H67N9O7S. The van der Waals surface area contributed by atoms with E-state index in [4.69, 9.17) is 19.4 Å². The van der Waals surface area contributed by atoms with Crippen molar-refractivity contribution in [3.8, 4) is 34.4 Å². The first-order chi connectivity index (χ1) is 32.4. The number of ether oxygens (including phenoxy) is 2. The van der Waals surface area contributed by atoms with Gasteiger partial charge in [-0.05, 0) is 87.7 Å². The Morgan fingerprint density at radius 1 is 1.10 bits per heavy atom. The predicted octanol–water partition coefficient (Wildman–Crippen LogP) is 5.10. The molecule has 17 heteroatoms. The van der Waals surface area contributed by atoms with E-state index in [1.54, 1.807) is 34.4 Å². The van der Waals surface area contributed by atoms with Crippen molar-refractivity contribution in [2.24, 2.45) is 17.3 Å². The first-order valence-electron chi connectivity index (χ1n) is 23.7. The molecule has 0 spiro atoms. The summed E-state index contributed by atoms with van der Waals surface area (Å²) >= 11 is 1.41. The van der Waals surface area contributed by atoms with Crippen LogP contribution in [0.25, 0.3) is 33.4 Å². The van der Waals surface area contributed by atoms with Gasteiger partial charge >= 0.3 is 5.97 Å². The number of nitrogens with zero attached hydrogens (tertiary/aromatic N) is 7. The zero-order chi connectivity index (χ0) is 49.0. The first kappa shape index (κ1) is 50.2. The van der Waals surface area contributed by atoms with Gasteiger partial charge in [-0.15, -0.1) is 11.3 Å². The van der Waals surface area contributed by atoms with Crippen LogP contribution in [0.3, 0.4) is 0 Å². The number of amides is 4. The average molecular weight is 950 g/mol. The van der Waals surface area contributed by atoms with Crippen molar-refractivity contribution in [2.75, 3.05) is 61.0 Å². The van der Waals surface area contributed by atoms with Crippen LogP contribution in [0.1, 0.15) is 83.2 Å². The standard InChI is InChI=1S/C51H67N9O7S/c1-11-59-41-19-18-33-25-36(41)37(46(59)35-15-12-21-52-44(35)32(4)66-10)27-51(5,6)30-67-50(65)38-16-13-23-60(55-38)49(64)39(26-42-53-40(33)29-68-42)54-47(62)45(31(2)3)57(9)48(63)34-20-24-58(28-34)22-14-17-43(61)56(7)8/h12,15,18-19,21,25,29,31-32,34,38-39,45,55H,11,13,16,20,22-24,26-28,30H2,1-10H3,(H,54,62)/t32-,34-,38-,39-,45-/m0/s1. The molecule has 3 aliphatic heterocycles. The molecule has 4 amide bonds. The number of hydrogen-bond acceptors (Lipinski definition) is 12. The molecule has 0 saturated carbocycles. The Hall–Kier alpha value is -5.67. The molecule has 3 aliphatic rings. The molecule has 16 nitrogen and oxygen atoms in total. The minimum absolute atomic E-state index is 0.0828. The van der Waals surface area contributed by atoms with E-state index >= 15 is 0 Å². The van der Waals surface area contributed by atoms with E-state index in [9.17, 15) is 24.0 Å². The number of esters is 1. The number of cyclic esters (lactones) is 1. The van der Waals surface area contributed by atoms with E-state index in [2.05, 4.69) is 72.2 Å². The van der Waals surface area contributed by atoms with E-state index < -0.39 is 41.3 Å². The number of likely N-dealkylation sites (N-methyl/N-ethyl adjacent to an activating group) is 1. The summed E-state index contributed by atoms with van der Waals surface area (Å²) in [5.74, 6) is 3.10. The summed E-state index contributed by atoms with van der Waals surface area (Å²) in [6, 6.07) is 7.68. The number of aromatic nitrogens is 3. The van der Waals surface area contributed by atoms with Crippen LogP contribution in [-0.2, 0) is 52.8 Å². The zero-order valence-corrected chi connectivity index (χ0v) is 42.0. The van der Waals surface area contributed by atoms with E-state index in [1.807, 2.05) is 37.1 Å². The highest BCUT2D eigenvalue weighted by molar-refractivity contribution is 7.10.